The molecule has 1 amide bonds. The molecule has 1 aliphatic rings. The van der Waals surface area contributed by atoms with Gasteiger partial charge in [0.25, 0.3) is 0 Å². The Morgan fingerprint density at radius 1 is 1.32 bits per heavy atom. The first kappa shape index (κ1) is 16.0. The van der Waals surface area contributed by atoms with Crippen molar-refractivity contribution in [2.75, 3.05) is 13.6 Å². The number of nitrogens with zero attached hydrogens (tertiary/aromatic N) is 1. The van der Waals surface area contributed by atoms with Gasteiger partial charge in [0.15, 0.2) is 0 Å². The van der Waals surface area contributed by atoms with Crippen LogP contribution in [0.25, 0.3) is 0 Å². The van der Waals surface area contributed by atoms with Crippen molar-refractivity contribution < 1.29 is 4.79 Å². The molecule has 4 heteroatoms. The first-order valence-corrected chi connectivity index (χ1v) is 6.74. The Morgan fingerprint density at radius 3 is 2.47 bits per heavy atom. The van der Waals surface area contributed by atoms with E-state index in [0.29, 0.717) is 5.92 Å². The first-order chi connectivity index (χ1) is 8.68. The van der Waals surface area contributed by atoms with Crippen LogP contribution in [-0.4, -0.2) is 24.4 Å². The molecule has 1 aliphatic carbocycles. The molecule has 19 heavy (non-hydrogen) atoms. The van der Waals surface area contributed by atoms with Gasteiger partial charge in [0.1, 0.15) is 6.04 Å². The van der Waals surface area contributed by atoms with E-state index in [9.17, 15) is 4.79 Å². The summed E-state index contributed by atoms with van der Waals surface area (Å²) in [5, 5.41) is 0. The Kier molecular flexibility index (Phi) is 6.32. The van der Waals surface area contributed by atoms with E-state index < -0.39 is 6.04 Å². The highest BCUT2D eigenvalue weighted by atomic mass is 35.5. The van der Waals surface area contributed by atoms with Crippen molar-refractivity contribution in [3.8, 4) is 0 Å². The number of carbonyl (C=O) groups excluding carboxylic acids is 1. The number of likely N-dealkylation sites (N-methyl/N-ethyl adjacent to an activating group) is 1. The van der Waals surface area contributed by atoms with Crippen molar-refractivity contribution in [3.63, 3.8) is 0 Å². The summed E-state index contributed by atoms with van der Waals surface area (Å²) in [6.07, 6.45) is 5.10. The number of hydrogen-bond acceptors (Lipinski definition) is 2. The molecule has 1 aromatic rings. The van der Waals surface area contributed by atoms with Gasteiger partial charge in [-0.3, -0.25) is 4.79 Å². The SMILES string of the molecule is CN(CC1CCCC1)C(=O)C(N)c1ccccc1.Cl. The van der Waals surface area contributed by atoms with E-state index in [0.717, 1.165) is 12.1 Å². The van der Waals surface area contributed by atoms with Crippen LogP contribution in [0.5, 0.6) is 0 Å². The fourth-order valence-corrected chi connectivity index (χ4v) is 2.71. The second-order valence-corrected chi connectivity index (χ2v) is 5.26. The Hall–Kier alpha value is -1.06. The second-order valence-electron chi connectivity index (χ2n) is 5.26. The third-order valence-electron chi connectivity index (χ3n) is 3.81. The maximum absolute atomic E-state index is 12.2. The summed E-state index contributed by atoms with van der Waals surface area (Å²) in [4.78, 5) is 14.0. The Labute approximate surface area is 121 Å². The van der Waals surface area contributed by atoms with E-state index in [-0.39, 0.29) is 18.3 Å². The van der Waals surface area contributed by atoms with Crippen molar-refractivity contribution in [3.05, 3.63) is 35.9 Å². The van der Waals surface area contributed by atoms with Gasteiger partial charge in [-0.25, -0.2) is 0 Å². The minimum atomic E-state index is -0.530. The summed E-state index contributed by atoms with van der Waals surface area (Å²) in [5.74, 6) is 0.690. The number of halogens is 1. The molecule has 1 atom stereocenters. The molecule has 0 spiro atoms. The molecule has 1 unspecified atom stereocenters. The second kappa shape index (κ2) is 7.51. The van der Waals surface area contributed by atoms with Gasteiger partial charge in [0.05, 0.1) is 0 Å². The van der Waals surface area contributed by atoms with Gasteiger partial charge < -0.3 is 10.6 Å². The topological polar surface area (TPSA) is 46.3 Å². The largest absolute Gasteiger partial charge is 0.344 e. The van der Waals surface area contributed by atoms with Crippen molar-refractivity contribution in [2.45, 2.75) is 31.7 Å². The number of amides is 1. The summed E-state index contributed by atoms with van der Waals surface area (Å²) < 4.78 is 0. The lowest BCUT2D eigenvalue weighted by molar-refractivity contribution is -0.132. The van der Waals surface area contributed by atoms with Crippen LogP contribution in [0.2, 0.25) is 0 Å². The first-order valence-electron chi connectivity index (χ1n) is 6.74. The van der Waals surface area contributed by atoms with Crippen LogP contribution in [0.3, 0.4) is 0 Å². The Morgan fingerprint density at radius 2 is 1.89 bits per heavy atom. The molecular formula is C15H23ClN2O. The van der Waals surface area contributed by atoms with Gasteiger partial charge in [-0.05, 0) is 24.3 Å². The van der Waals surface area contributed by atoms with E-state index in [2.05, 4.69) is 0 Å². The summed E-state index contributed by atoms with van der Waals surface area (Å²) >= 11 is 0. The highest BCUT2D eigenvalue weighted by Gasteiger charge is 2.23. The fraction of sp³-hybridized carbons (Fsp3) is 0.533. The maximum atomic E-state index is 12.2. The molecule has 2 N–H and O–H groups in total. The third kappa shape index (κ3) is 4.22. The van der Waals surface area contributed by atoms with Crippen molar-refractivity contribution in [1.29, 1.82) is 0 Å². The van der Waals surface area contributed by atoms with Crippen molar-refractivity contribution >= 4 is 18.3 Å². The average molecular weight is 283 g/mol. The molecule has 1 aromatic carbocycles. The molecule has 1 saturated carbocycles. The van der Waals surface area contributed by atoms with Crippen LogP contribution in [0.4, 0.5) is 0 Å². The van der Waals surface area contributed by atoms with Gasteiger partial charge in [-0.2, -0.15) is 0 Å². The monoisotopic (exact) mass is 282 g/mol. The number of nitrogens with two attached hydrogens (primary N) is 1. The Balaban J connectivity index is 0.00000180. The third-order valence-corrected chi connectivity index (χ3v) is 3.81. The summed E-state index contributed by atoms with van der Waals surface area (Å²) in [7, 11) is 1.86. The minimum Gasteiger partial charge on any atom is -0.344 e. The van der Waals surface area contributed by atoms with Crippen LogP contribution in [0.15, 0.2) is 30.3 Å². The van der Waals surface area contributed by atoms with Crippen LogP contribution in [0.1, 0.15) is 37.3 Å². The molecule has 0 radical (unpaired) electrons. The predicted octanol–water partition coefficient (Wildman–Crippen LogP) is 2.76. The smallest absolute Gasteiger partial charge is 0.243 e. The Bertz CT molecular complexity index is 390. The lowest BCUT2D eigenvalue weighted by Gasteiger charge is -2.24. The molecular weight excluding hydrogens is 260 g/mol. The van der Waals surface area contributed by atoms with Crippen LogP contribution in [0, 0.1) is 5.92 Å². The number of carbonyl (C=O) groups is 1. The molecule has 1 fully saturated rings. The highest BCUT2D eigenvalue weighted by molar-refractivity contribution is 5.85. The summed E-state index contributed by atoms with van der Waals surface area (Å²) in [6, 6.07) is 9.05. The number of rotatable bonds is 4. The molecule has 0 saturated heterocycles. The van der Waals surface area contributed by atoms with Crippen LogP contribution in [-0.2, 0) is 4.79 Å². The molecule has 3 nitrogen and oxygen atoms in total. The zero-order valence-corrected chi connectivity index (χ0v) is 12.2. The standard InChI is InChI=1S/C15H22N2O.ClH/c1-17(11-12-7-5-6-8-12)15(18)14(16)13-9-3-2-4-10-13;/h2-4,9-10,12,14H,5-8,11,16H2,1H3;1H. The number of benzene rings is 1. The number of hydrogen-bond donors (Lipinski definition) is 1. The molecule has 106 valence electrons. The van der Waals surface area contributed by atoms with Crippen LogP contribution < -0.4 is 5.73 Å². The van der Waals surface area contributed by atoms with E-state index >= 15 is 0 Å². The summed E-state index contributed by atoms with van der Waals surface area (Å²) in [6.45, 7) is 0.847. The zero-order valence-electron chi connectivity index (χ0n) is 11.4. The predicted molar refractivity (Wildman–Crippen MR) is 80.2 cm³/mol. The van der Waals surface area contributed by atoms with E-state index in [1.54, 1.807) is 4.90 Å². The molecule has 0 heterocycles. The van der Waals surface area contributed by atoms with Crippen LogP contribution >= 0.6 is 12.4 Å². The quantitative estimate of drug-likeness (QED) is 0.923. The zero-order chi connectivity index (χ0) is 13.0. The lowest BCUT2D eigenvalue weighted by Crippen LogP contribution is -2.38. The molecule has 0 aliphatic heterocycles. The minimum absolute atomic E-state index is 0. The summed E-state index contributed by atoms with van der Waals surface area (Å²) in [5.41, 5.74) is 6.91. The highest BCUT2D eigenvalue weighted by Crippen LogP contribution is 2.25. The van der Waals surface area contributed by atoms with Crippen molar-refractivity contribution in [2.24, 2.45) is 11.7 Å². The van der Waals surface area contributed by atoms with Gasteiger partial charge in [-0.15, -0.1) is 12.4 Å². The molecule has 2 rings (SSSR count). The van der Waals surface area contributed by atoms with Gasteiger partial charge in [0.2, 0.25) is 5.91 Å². The lowest BCUT2D eigenvalue weighted by atomic mass is 10.0. The van der Waals surface area contributed by atoms with E-state index in [1.807, 2.05) is 37.4 Å². The van der Waals surface area contributed by atoms with Gasteiger partial charge in [0, 0.05) is 13.6 Å². The normalized spacial score (nSPS) is 16.7. The molecule has 0 aromatic heterocycles. The van der Waals surface area contributed by atoms with E-state index in [1.165, 1.54) is 25.7 Å². The maximum Gasteiger partial charge on any atom is 0.243 e. The van der Waals surface area contributed by atoms with Gasteiger partial charge >= 0.3 is 0 Å². The average Bonchev–Trinajstić information content (AvgIpc) is 2.91. The van der Waals surface area contributed by atoms with Crippen molar-refractivity contribution in [1.82, 2.24) is 4.90 Å². The fourth-order valence-electron chi connectivity index (χ4n) is 2.71. The van der Waals surface area contributed by atoms with Gasteiger partial charge in [-0.1, -0.05) is 43.2 Å². The van der Waals surface area contributed by atoms with E-state index in [4.69, 9.17) is 5.73 Å². The molecule has 0 bridgehead atoms.